The van der Waals surface area contributed by atoms with Crippen molar-refractivity contribution in [1.29, 1.82) is 0 Å². The number of hydrogen-bond donors (Lipinski definition) is 3. The molecule has 0 bridgehead atoms. The molecule has 0 fully saturated rings. The van der Waals surface area contributed by atoms with E-state index in [1.54, 1.807) is 24.3 Å². The van der Waals surface area contributed by atoms with Crippen LogP contribution in [-0.2, 0) is 0 Å². The summed E-state index contributed by atoms with van der Waals surface area (Å²) in [6.07, 6.45) is 0. The van der Waals surface area contributed by atoms with Gasteiger partial charge in [0, 0.05) is 16.8 Å². The van der Waals surface area contributed by atoms with Crippen molar-refractivity contribution in [2.45, 2.75) is 26.8 Å². The van der Waals surface area contributed by atoms with Crippen molar-refractivity contribution in [2.75, 3.05) is 5.32 Å². The number of furan rings is 1. The molecule has 1 aromatic carbocycles. The van der Waals surface area contributed by atoms with Gasteiger partial charge in [0.05, 0.1) is 6.04 Å². The van der Waals surface area contributed by atoms with E-state index in [1.165, 1.54) is 0 Å². The topological polar surface area (TPSA) is 97.4 Å². The van der Waals surface area contributed by atoms with E-state index in [9.17, 15) is 9.59 Å². The fourth-order valence-electron chi connectivity index (χ4n) is 2.32. The number of aryl methyl sites for hydroxylation is 2. The zero-order chi connectivity index (χ0) is 16.3. The second-order valence-corrected chi connectivity index (χ2v) is 5.13. The molecule has 2 aromatic rings. The second-order valence-electron chi connectivity index (χ2n) is 5.13. The number of nitrogens with one attached hydrogen (secondary N) is 2. The fourth-order valence-corrected chi connectivity index (χ4v) is 2.32. The molecule has 116 valence electrons. The summed E-state index contributed by atoms with van der Waals surface area (Å²) in [6.45, 7) is 5.62. The zero-order valence-electron chi connectivity index (χ0n) is 12.8. The maximum Gasteiger partial charge on any atom is 0.316 e. The van der Waals surface area contributed by atoms with Crippen LogP contribution in [0.25, 0.3) is 0 Å². The van der Waals surface area contributed by atoms with Gasteiger partial charge in [-0.1, -0.05) is 6.07 Å². The second kappa shape index (κ2) is 6.34. The summed E-state index contributed by atoms with van der Waals surface area (Å²) in [5.74, 6) is 1.36. The largest absolute Gasteiger partial charge is 0.466 e. The number of rotatable bonds is 4. The van der Waals surface area contributed by atoms with Crippen molar-refractivity contribution in [3.8, 4) is 0 Å². The summed E-state index contributed by atoms with van der Waals surface area (Å²) < 4.78 is 5.47. The smallest absolute Gasteiger partial charge is 0.316 e. The third kappa shape index (κ3) is 3.66. The molecule has 0 aliphatic rings. The van der Waals surface area contributed by atoms with Gasteiger partial charge in [0.2, 0.25) is 0 Å². The minimum atomic E-state index is -0.671. The standard InChI is InChI=1S/C16H19N3O3/c1-9-7-14(11(3)22-9)10(2)18-15(20)12-5-4-6-13(8-12)19-16(17)21/h4-8,10H,1-3H3,(H,18,20)(H3,17,19,21). The molecule has 0 radical (unpaired) electrons. The van der Waals surface area contributed by atoms with E-state index < -0.39 is 6.03 Å². The Morgan fingerprint density at radius 2 is 1.95 bits per heavy atom. The van der Waals surface area contributed by atoms with Crippen molar-refractivity contribution < 1.29 is 14.0 Å². The third-order valence-corrected chi connectivity index (χ3v) is 3.29. The number of primary amides is 1. The van der Waals surface area contributed by atoms with Crippen molar-refractivity contribution in [3.63, 3.8) is 0 Å². The first-order valence-electron chi connectivity index (χ1n) is 6.91. The van der Waals surface area contributed by atoms with E-state index in [4.69, 9.17) is 10.2 Å². The summed E-state index contributed by atoms with van der Waals surface area (Å²) in [7, 11) is 0. The number of carbonyl (C=O) groups is 2. The summed E-state index contributed by atoms with van der Waals surface area (Å²) in [4.78, 5) is 23.2. The number of hydrogen-bond acceptors (Lipinski definition) is 3. The van der Waals surface area contributed by atoms with Crippen LogP contribution in [0.15, 0.2) is 34.7 Å². The molecule has 22 heavy (non-hydrogen) atoms. The van der Waals surface area contributed by atoms with E-state index in [-0.39, 0.29) is 11.9 Å². The van der Waals surface area contributed by atoms with Crippen molar-refractivity contribution >= 4 is 17.6 Å². The molecule has 1 unspecified atom stereocenters. The molecule has 4 N–H and O–H groups in total. The van der Waals surface area contributed by atoms with E-state index in [1.807, 2.05) is 26.8 Å². The van der Waals surface area contributed by atoms with Gasteiger partial charge in [0.25, 0.3) is 5.91 Å². The maximum atomic E-state index is 12.3. The molecule has 0 aliphatic carbocycles. The Morgan fingerprint density at radius 3 is 2.55 bits per heavy atom. The van der Waals surface area contributed by atoms with Crippen molar-refractivity contribution in [3.05, 3.63) is 53.0 Å². The first kappa shape index (κ1) is 15.6. The zero-order valence-corrected chi connectivity index (χ0v) is 12.8. The van der Waals surface area contributed by atoms with Gasteiger partial charge < -0.3 is 20.8 Å². The Labute approximate surface area is 128 Å². The van der Waals surface area contributed by atoms with E-state index in [0.717, 1.165) is 17.1 Å². The Hall–Kier alpha value is -2.76. The highest BCUT2D eigenvalue weighted by Gasteiger charge is 2.16. The molecule has 2 rings (SSSR count). The molecule has 0 aliphatic heterocycles. The molecular weight excluding hydrogens is 282 g/mol. The van der Waals surface area contributed by atoms with Gasteiger partial charge in [-0.2, -0.15) is 0 Å². The van der Waals surface area contributed by atoms with E-state index in [2.05, 4.69) is 10.6 Å². The lowest BCUT2D eigenvalue weighted by Gasteiger charge is -2.13. The number of benzene rings is 1. The molecule has 0 saturated heterocycles. The predicted octanol–water partition coefficient (Wildman–Crippen LogP) is 2.88. The average Bonchev–Trinajstić information content (AvgIpc) is 2.77. The van der Waals surface area contributed by atoms with E-state index >= 15 is 0 Å². The summed E-state index contributed by atoms with van der Waals surface area (Å²) in [5.41, 5.74) is 6.92. The molecule has 6 nitrogen and oxygen atoms in total. The molecule has 0 spiro atoms. The molecule has 1 aromatic heterocycles. The molecule has 0 saturated carbocycles. The van der Waals surface area contributed by atoms with Crippen LogP contribution in [0, 0.1) is 13.8 Å². The lowest BCUT2D eigenvalue weighted by molar-refractivity contribution is 0.0939. The van der Waals surface area contributed by atoms with Gasteiger partial charge in [-0.3, -0.25) is 4.79 Å². The number of anilines is 1. The number of carbonyl (C=O) groups excluding carboxylic acids is 2. The van der Waals surface area contributed by atoms with Crippen LogP contribution in [0.4, 0.5) is 10.5 Å². The maximum absolute atomic E-state index is 12.3. The van der Waals surface area contributed by atoms with Gasteiger partial charge in [0.1, 0.15) is 11.5 Å². The highest BCUT2D eigenvalue weighted by Crippen LogP contribution is 2.21. The average molecular weight is 301 g/mol. The van der Waals surface area contributed by atoms with Crippen LogP contribution in [-0.4, -0.2) is 11.9 Å². The first-order chi connectivity index (χ1) is 10.4. The normalized spacial score (nSPS) is 11.8. The van der Waals surface area contributed by atoms with Gasteiger partial charge in [-0.15, -0.1) is 0 Å². The Morgan fingerprint density at radius 1 is 1.23 bits per heavy atom. The Kier molecular flexibility index (Phi) is 4.50. The third-order valence-electron chi connectivity index (χ3n) is 3.29. The van der Waals surface area contributed by atoms with Crippen molar-refractivity contribution in [1.82, 2.24) is 5.32 Å². The quantitative estimate of drug-likeness (QED) is 0.810. The van der Waals surface area contributed by atoms with Crippen molar-refractivity contribution in [2.24, 2.45) is 5.73 Å². The van der Waals surface area contributed by atoms with Crippen LogP contribution >= 0.6 is 0 Å². The highest BCUT2D eigenvalue weighted by atomic mass is 16.3. The predicted molar refractivity (Wildman–Crippen MR) is 83.7 cm³/mol. The minimum Gasteiger partial charge on any atom is -0.466 e. The molecular formula is C16H19N3O3. The summed E-state index contributed by atoms with van der Waals surface area (Å²) in [5, 5.41) is 5.35. The summed E-state index contributed by atoms with van der Waals surface area (Å²) in [6, 6.07) is 7.63. The van der Waals surface area contributed by atoms with Gasteiger partial charge in [-0.25, -0.2) is 4.79 Å². The van der Waals surface area contributed by atoms with Crippen LogP contribution in [0.3, 0.4) is 0 Å². The SMILES string of the molecule is Cc1cc(C(C)NC(=O)c2cccc(NC(N)=O)c2)c(C)o1. The van der Waals surface area contributed by atoms with Crippen LogP contribution in [0.1, 0.15) is 40.4 Å². The monoisotopic (exact) mass is 301 g/mol. The molecule has 1 heterocycles. The number of nitrogens with two attached hydrogens (primary N) is 1. The highest BCUT2D eigenvalue weighted by molar-refractivity contribution is 5.96. The number of amides is 3. The lowest BCUT2D eigenvalue weighted by atomic mass is 10.1. The minimum absolute atomic E-state index is 0.183. The molecule has 6 heteroatoms. The lowest BCUT2D eigenvalue weighted by Crippen LogP contribution is -2.27. The molecule has 1 atom stereocenters. The Bertz CT molecular complexity index is 706. The fraction of sp³-hybridized carbons (Fsp3) is 0.250. The van der Waals surface area contributed by atoms with Crippen LogP contribution in [0.2, 0.25) is 0 Å². The summed E-state index contributed by atoms with van der Waals surface area (Å²) >= 11 is 0. The number of urea groups is 1. The van der Waals surface area contributed by atoms with Gasteiger partial charge >= 0.3 is 6.03 Å². The first-order valence-corrected chi connectivity index (χ1v) is 6.91. The van der Waals surface area contributed by atoms with Gasteiger partial charge in [0.15, 0.2) is 0 Å². The van der Waals surface area contributed by atoms with Crippen LogP contribution < -0.4 is 16.4 Å². The van der Waals surface area contributed by atoms with Crippen LogP contribution in [0.5, 0.6) is 0 Å². The Balaban J connectivity index is 2.11. The van der Waals surface area contributed by atoms with E-state index in [0.29, 0.717) is 11.3 Å². The van der Waals surface area contributed by atoms with Gasteiger partial charge in [-0.05, 0) is 45.0 Å². The molecule has 3 amide bonds.